The molecule has 2 aromatic heterocycles. The van der Waals surface area contributed by atoms with Crippen molar-refractivity contribution < 1.29 is 22.2 Å². The number of carbonyl (C=O) groups is 1. The Morgan fingerprint density at radius 2 is 1.81 bits per heavy atom. The molecule has 0 unspecified atom stereocenters. The first-order valence-electron chi connectivity index (χ1n) is 12.6. The highest BCUT2D eigenvalue weighted by Crippen LogP contribution is 2.25. The molecule has 0 radical (unpaired) electrons. The number of hydrogen-bond donors (Lipinski definition) is 3. The topological polar surface area (TPSA) is 136 Å². The van der Waals surface area contributed by atoms with Crippen molar-refractivity contribution in [3.05, 3.63) is 59.2 Å². The van der Waals surface area contributed by atoms with Gasteiger partial charge in [0.2, 0.25) is 0 Å². The Hall–Kier alpha value is -3.29. The number of H-pyrrole nitrogens is 1. The molecule has 0 aliphatic rings. The van der Waals surface area contributed by atoms with Gasteiger partial charge in [0.05, 0.1) is 22.6 Å². The Kier molecular flexibility index (Phi) is 12.2. The first kappa shape index (κ1) is 29.9. The lowest BCUT2D eigenvalue weighted by Crippen LogP contribution is -2.09. The Labute approximate surface area is 218 Å². The van der Waals surface area contributed by atoms with Gasteiger partial charge in [0.15, 0.2) is 11.6 Å². The second-order valence-corrected chi connectivity index (χ2v) is 10.3. The van der Waals surface area contributed by atoms with Gasteiger partial charge < -0.3 is 10.3 Å². The van der Waals surface area contributed by atoms with Crippen molar-refractivity contribution in [1.82, 2.24) is 9.97 Å². The van der Waals surface area contributed by atoms with E-state index in [0.29, 0.717) is 40.8 Å². The number of anilines is 1. The minimum Gasteiger partial charge on any atom is -0.383 e. The van der Waals surface area contributed by atoms with Crippen molar-refractivity contribution in [2.24, 2.45) is 0 Å². The molecule has 10 heteroatoms. The molecule has 3 N–H and O–H groups in total. The predicted molar refractivity (Wildman–Crippen MR) is 144 cm³/mol. The molecule has 8 nitrogen and oxygen atoms in total. The molecular weight excluding hydrogens is 495 g/mol. The summed E-state index contributed by atoms with van der Waals surface area (Å²) in [5, 5.41) is 12.7. The molecule has 0 bridgehead atoms. The third-order valence-corrected chi connectivity index (χ3v) is 6.63. The Morgan fingerprint density at radius 3 is 2.43 bits per heavy atom. The van der Waals surface area contributed by atoms with Gasteiger partial charge >= 0.3 is 0 Å². The maximum atomic E-state index is 15.0. The van der Waals surface area contributed by atoms with Gasteiger partial charge in [-0.25, -0.2) is 9.37 Å². The summed E-state index contributed by atoms with van der Waals surface area (Å²) >= 11 is 0. The zero-order chi connectivity index (χ0) is 27.3. The van der Waals surface area contributed by atoms with Crippen molar-refractivity contribution >= 4 is 32.6 Å². The number of fused-ring (bicyclic) bond motifs is 1. The number of ketones is 1. The molecule has 0 amide bonds. The lowest BCUT2D eigenvalue weighted by Gasteiger charge is -2.10. The second-order valence-electron chi connectivity index (χ2n) is 8.76. The van der Waals surface area contributed by atoms with Crippen molar-refractivity contribution in [3.8, 4) is 6.07 Å². The third-order valence-electron chi connectivity index (χ3n) is 5.71. The summed E-state index contributed by atoms with van der Waals surface area (Å²) in [5.74, 6) is -1.12. The summed E-state index contributed by atoms with van der Waals surface area (Å²) in [6.07, 6.45) is 11.7. The van der Waals surface area contributed by atoms with E-state index in [1.54, 1.807) is 25.1 Å². The number of carbonyl (C=O) groups excluding carboxylic acids is 1. The van der Waals surface area contributed by atoms with Gasteiger partial charge in [-0.3, -0.25) is 9.35 Å². The average molecular weight is 531 g/mol. The van der Waals surface area contributed by atoms with Crippen molar-refractivity contribution in [3.63, 3.8) is 0 Å². The number of nitrogens with zero attached hydrogens (tertiary/aromatic N) is 2. The van der Waals surface area contributed by atoms with E-state index in [0.717, 1.165) is 12.8 Å². The van der Waals surface area contributed by atoms with E-state index in [4.69, 9.17) is 9.81 Å². The van der Waals surface area contributed by atoms with Crippen LogP contribution in [0, 0.1) is 17.1 Å². The fourth-order valence-electron chi connectivity index (χ4n) is 3.80. The summed E-state index contributed by atoms with van der Waals surface area (Å²) in [6, 6.07) is 8.41. The summed E-state index contributed by atoms with van der Waals surface area (Å²) in [6.45, 7) is 4.56. The molecule has 3 aromatic rings. The molecule has 0 saturated heterocycles. The molecule has 0 atom stereocenters. The lowest BCUT2D eigenvalue weighted by molar-refractivity contribution is 0.103. The fraction of sp³-hybridized carbons (Fsp3) is 0.444. The standard InChI is InChI=1S/C24H27FN4O.C3H8O3S/c1-2-3-4-5-6-7-8-12-27-21-11-9-10-18(22(21)25)23(30)20-16-29-24-19(20)13-17(14-26)15-28-24;1-2-3-7(4,5)6/h9-11,13,15-16,27H,2-8,12H2,1H3,(H,28,29);2-3H2,1H3,(H,4,5,6). The third kappa shape index (κ3) is 9.59. The highest BCUT2D eigenvalue weighted by atomic mass is 32.2. The van der Waals surface area contributed by atoms with E-state index >= 15 is 4.39 Å². The molecular formula is C27H35FN4O4S. The molecule has 0 aliphatic carbocycles. The van der Waals surface area contributed by atoms with Gasteiger partial charge in [-0.1, -0.05) is 58.4 Å². The molecule has 1 aromatic carbocycles. The van der Waals surface area contributed by atoms with Crippen LogP contribution in [0.15, 0.2) is 36.7 Å². The predicted octanol–water partition coefficient (Wildman–Crippen LogP) is 6.25. The van der Waals surface area contributed by atoms with E-state index < -0.39 is 21.7 Å². The fourth-order valence-corrected chi connectivity index (χ4v) is 4.32. The largest absolute Gasteiger partial charge is 0.383 e. The number of halogens is 1. The highest BCUT2D eigenvalue weighted by Gasteiger charge is 2.20. The molecule has 2 heterocycles. The van der Waals surface area contributed by atoms with Crippen LogP contribution >= 0.6 is 0 Å². The van der Waals surface area contributed by atoms with Gasteiger partial charge in [0, 0.05) is 29.9 Å². The van der Waals surface area contributed by atoms with Gasteiger partial charge in [-0.05, 0) is 31.0 Å². The lowest BCUT2D eigenvalue weighted by atomic mass is 10.0. The van der Waals surface area contributed by atoms with Crippen molar-refractivity contribution in [1.29, 1.82) is 5.26 Å². The summed E-state index contributed by atoms with van der Waals surface area (Å²) in [5.41, 5.74) is 1.48. The van der Waals surface area contributed by atoms with Gasteiger partial charge in [-0.15, -0.1) is 0 Å². The number of nitrogens with one attached hydrogen (secondary N) is 2. The summed E-state index contributed by atoms with van der Waals surface area (Å²) in [7, 11) is -3.67. The van der Waals surface area contributed by atoms with Gasteiger partial charge in [-0.2, -0.15) is 13.7 Å². The molecule has 200 valence electrons. The van der Waals surface area contributed by atoms with Gasteiger partial charge in [0.25, 0.3) is 10.1 Å². The molecule has 0 saturated carbocycles. The maximum Gasteiger partial charge on any atom is 0.264 e. The Balaban J connectivity index is 0.000000604. The summed E-state index contributed by atoms with van der Waals surface area (Å²) < 4.78 is 42.6. The number of rotatable bonds is 13. The van der Waals surface area contributed by atoms with E-state index in [1.807, 2.05) is 6.07 Å². The number of aromatic amines is 1. The van der Waals surface area contributed by atoms with Crippen LogP contribution in [0.5, 0.6) is 0 Å². The number of aromatic nitrogens is 2. The monoisotopic (exact) mass is 530 g/mol. The van der Waals surface area contributed by atoms with E-state index in [1.165, 1.54) is 50.6 Å². The van der Waals surface area contributed by atoms with Crippen LogP contribution in [0.1, 0.15) is 86.7 Å². The normalized spacial score (nSPS) is 11.0. The number of benzene rings is 1. The zero-order valence-corrected chi connectivity index (χ0v) is 22.2. The second kappa shape index (κ2) is 15.1. The van der Waals surface area contributed by atoms with Crippen LogP contribution in [0.25, 0.3) is 11.0 Å². The molecule has 37 heavy (non-hydrogen) atoms. The average Bonchev–Trinajstić information content (AvgIpc) is 3.29. The number of nitriles is 1. The van der Waals surface area contributed by atoms with Crippen molar-refractivity contribution in [2.45, 2.75) is 65.2 Å². The van der Waals surface area contributed by atoms with Crippen LogP contribution in [-0.2, 0) is 10.1 Å². The molecule has 0 aliphatic heterocycles. The quantitative estimate of drug-likeness (QED) is 0.135. The van der Waals surface area contributed by atoms with Crippen LogP contribution in [-0.4, -0.2) is 41.0 Å². The smallest absolute Gasteiger partial charge is 0.264 e. The van der Waals surface area contributed by atoms with E-state index in [-0.39, 0.29) is 11.3 Å². The number of pyridine rings is 1. The van der Waals surface area contributed by atoms with E-state index in [9.17, 15) is 13.2 Å². The zero-order valence-electron chi connectivity index (χ0n) is 21.4. The maximum absolute atomic E-state index is 15.0. The highest BCUT2D eigenvalue weighted by molar-refractivity contribution is 7.85. The van der Waals surface area contributed by atoms with Crippen LogP contribution in [0.4, 0.5) is 10.1 Å². The number of hydrogen-bond acceptors (Lipinski definition) is 6. The Bertz CT molecular complexity index is 1320. The van der Waals surface area contributed by atoms with E-state index in [2.05, 4.69) is 22.2 Å². The number of unbranched alkanes of at least 4 members (excludes halogenated alkanes) is 6. The van der Waals surface area contributed by atoms with Crippen molar-refractivity contribution in [2.75, 3.05) is 17.6 Å². The summed E-state index contributed by atoms with van der Waals surface area (Å²) in [4.78, 5) is 20.0. The molecule has 0 fully saturated rings. The molecule has 0 spiro atoms. The first-order chi connectivity index (χ1) is 17.7. The van der Waals surface area contributed by atoms with Crippen LogP contribution in [0.2, 0.25) is 0 Å². The minimum atomic E-state index is -3.67. The van der Waals surface area contributed by atoms with Crippen LogP contribution < -0.4 is 5.32 Å². The SMILES string of the molecule is CCCCCCCCCNc1cccc(C(=O)c2c[nH]c3ncc(C#N)cc23)c1F.CCCS(=O)(=O)O. The van der Waals surface area contributed by atoms with Crippen LogP contribution in [0.3, 0.4) is 0 Å². The Morgan fingerprint density at radius 1 is 1.11 bits per heavy atom. The minimum absolute atomic E-state index is 0.00262. The first-order valence-corrected chi connectivity index (χ1v) is 14.2. The van der Waals surface area contributed by atoms with Gasteiger partial charge in [0.1, 0.15) is 11.7 Å². The molecule has 3 rings (SSSR count).